The Hall–Kier alpha value is -1.85. The molecule has 0 heterocycles. The maximum atomic E-state index is 12.1. The first-order valence-corrected chi connectivity index (χ1v) is 7.81. The lowest BCUT2D eigenvalue weighted by molar-refractivity contribution is 0.473. The SMILES string of the molecule is CC(CNS(=O)(=O)c1cccc(O)c1)c1ccccc1. The Balaban J connectivity index is 2.07. The monoisotopic (exact) mass is 291 g/mol. The molecule has 106 valence electrons. The van der Waals surface area contributed by atoms with Gasteiger partial charge in [0.1, 0.15) is 5.75 Å². The number of hydrogen-bond acceptors (Lipinski definition) is 3. The van der Waals surface area contributed by atoms with Gasteiger partial charge in [-0.3, -0.25) is 0 Å². The van der Waals surface area contributed by atoms with Gasteiger partial charge in [-0.1, -0.05) is 43.3 Å². The van der Waals surface area contributed by atoms with Crippen LogP contribution < -0.4 is 4.72 Å². The van der Waals surface area contributed by atoms with Crippen LogP contribution in [0.2, 0.25) is 0 Å². The maximum absolute atomic E-state index is 12.1. The number of benzene rings is 2. The first kappa shape index (κ1) is 14.6. The molecule has 0 amide bonds. The van der Waals surface area contributed by atoms with Crippen molar-refractivity contribution in [2.75, 3.05) is 6.54 Å². The highest BCUT2D eigenvalue weighted by Gasteiger charge is 2.16. The van der Waals surface area contributed by atoms with Gasteiger partial charge in [0.05, 0.1) is 4.90 Å². The summed E-state index contributed by atoms with van der Waals surface area (Å²) in [7, 11) is -3.60. The summed E-state index contributed by atoms with van der Waals surface area (Å²) in [4.78, 5) is 0.0674. The lowest BCUT2D eigenvalue weighted by Crippen LogP contribution is -2.27. The van der Waals surface area contributed by atoms with Gasteiger partial charge in [0.2, 0.25) is 10.0 Å². The van der Waals surface area contributed by atoms with E-state index in [1.165, 1.54) is 24.3 Å². The van der Waals surface area contributed by atoms with Crippen LogP contribution in [-0.2, 0) is 10.0 Å². The molecule has 2 aromatic rings. The molecule has 0 aliphatic heterocycles. The molecular formula is C15H17NO3S. The van der Waals surface area contributed by atoms with Crippen LogP contribution in [0.4, 0.5) is 0 Å². The second kappa shape index (κ2) is 6.07. The average molecular weight is 291 g/mol. The molecule has 2 rings (SSSR count). The number of hydrogen-bond donors (Lipinski definition) is 2. The van der Waals surface area contributed by atoms with Gasteiger partial charge in [-0.05, 0) is 29.7 Å². The number of phenolic OH excluding ortho intramolecular Hbond substituents is 1. The van der Waals surface area contributed by atoms with Crippen LogP contribution in [0.25, 0.3) is 0 Å². The molecule has 0 spiro atoms. The Morgan fingerprint density at radius 3 is 2.45 bits per heavy atom. The van der Waals surface area contributed by atoms with E-state index in [2.05, 4.69) is 4.72 Å². The fraction of sp³-hybridized carbons (Fsp3) is 0.200. The summed E-state index contributed by atoms with van der Waals surface area (Å²) in [6.07, 6.45) is 0. The van der Waals surface area contributed by atoms with Crippen LogP contribution in [0.1, 0.15) is 18.4 Å². The summed E-state index contributed by atoms with van der Waals surface area (Å²) < 4.78 is 26.8. The molecular weight excluding hydrogens is 274 g/mol. The molecule has 0 saturated heterocycles. The molecule has 5 heteroatoms. The van der Waals surface area contributed by atoms with Crippen LogP contribution in [0.5, 0.6) is 5.75 Å². The van der Waals surface area contributed by atoms with Gasteiger partial charge < -0.3 is 5.11 Å². The zero-order valence-corrected chi connectivity index (χ0v) is 12.0. The van der Waals surface area contributed by atoms with Gasteiger partial charge in [0, 0.05) is 6.54 Å². The fourth-order valence-electron chi connectivity index (χ4n) is 1.87. The Bertz CT molecular complexity index is 669. The van der Waals surface area contributed by atoms with E-state index in [1.807, 2.05) is 37.3 Å². The molecule has 0 saturated carbocycles. The Kier molecular flexibility index (Phi) is 4.42. The highest BCUT2D eigenvalue weighted by Crippen LogP contribution is 2.17. The molecule has 20 heavy (non-hydrogen) atoms. The lowest BCUT2D eigenvalue weighted by atomic mass is 10.0. The van der Waals surface area contributed by atoms with E-state index in [0.717, 1.165) is 5.56 Å². The summed E-state index contributed by atoms with van der Waals surface area (Å²) in [5.41, 5.74) is 1.08. The van der Waals surface area contributed by atoms with Crippen LogP contribution in [0, 0.1) is 0 Å². The number of rotatable bonds is 5. The van der Waals surface area contributed by atoms with E-state index in [1.54, 1.807) is 0 Å². The molecule has 2 aromatic carbocycles. The largest absolute Gasteiger partial charge is 0.508 e. The van der Waals surface area contributed by atoms with Crippen molar-refractivity contribution in [2.45, 2.75) is 17.7 Å². The molecule has 0 fully saturated rings. The second-order valence-corrected chi connectivity index (χ2v) is 6.43. The second-order valence-electron chi connectivity index (χ2n) is 4.66. The molecule has 0 aliphatic carbocycles. The van der Waals surface area contributed by atoms with Crippen molar-refractivity contribution >= 4 is 10.0 Å². The third kappa shape index (κ3) is 3.59. The van der Waals surface area contributed by atoms with Crippen molar-refractivity contribution < 1.29 is 13.5 Å². The molecule has 1 atom stereocenters. The summed E-state index contributed by atoms with van der Waals surface area (Å²) in [6.45, 7) is 2.27. The van der Waals surface area contributed by atoms with E-state index in [9.17, 15) is 13.5 Å². The lowest BCUT2D eigenvalue weighted by Gasteiger charge is -2.13. The first-order chi connectivity index (χ1) is 9.49. The van der Waals surface area contributed by atoms with Gasteiger partial charge in [0.25, 0.3) is 0 Å². The zero-order chi connectivity index (χ0) is 14.6. The van der Waals surface area contributed by atoms with Crippen molar-refractivity contribution in [3.63, 3.8) is 0 Å². The van der Waals surface area contributed by atoms with Gasteiger partial charge in [-0.2, -0.15) is 0 Å². The number of nitrogens with one attached hydrogen (secondary N) is 1. The van der Waals surface area contributed by atoms with Crippen LogP contribution in [-0.4, -0.2) is 20.1 Å². The standard InChI is InChI=1S/C15H17NO3S/c1-12(13-6-3-2-4-7-13)11-16-20(18,19)15-9-5-8-14(17)10-15/h2-10,12,16-17H,11H2,1H3. The number of sulfonamides is 1. The summed E-state index contributed by atoms with van der Waals surface area (Å²) in [5.74, 6) is 0.00673. The first-order valence-electron chi connectivity index (χ1n) is 6.33. The topological polar surface area (TPSA) is 66.4 Å². The summed E-state index contributed by atoms with van der Waals surface area (Å²) in [5, 5.41) is 9.34. The predicted octanol–water partition coefficient (Wildman–Crippen LogP) is 2.47. The van der Waals surface area contributed by atoms with Crippen molar-refractivity contribution in [3.8, 4) is 5.75 Å². The Labute approximate surface area is 119 Å². The van der Waals surface area contributed by atoms with E-state index >= 15 is 0 Å². The average Bonchev–Trinajstić information content (AvgIpc) is 2.46. The fourth-order valence-corrected chi connectivity index (χ4v) is 3.04. The predicted molar refractivity (Wildman–Crippen MR) is 78.2 cm³/mol. The molecule has 1 unspecified atom stereocenters. The van der Waals surface area contributed by atoms with Crippen LogP contribution in [0.15, 0.2) is 59.5 Å². The van der Waals surface area contributed by atoms with E-state index in [4.69, 9.17) is 0 Å². The smallest absolute Gasteiger partial charge is 0.240 e. The number of aromatic hydroxyl groups is 1. The molecule has 0 aliphatic rings. The summed E-state index contributed by atoms with van der Waals surface area (Å²) >= 11 is 0. The Morgan fingerprint density at radius 2 is 1.80 bits per heavy atom. The highest BCUT2D eigenvalue weighted by atomic mass is 32.2. The molecule has 2 N–H and O–H groups in total. The quantitative estimate of drug-likeness (QED) is 0.889. The van der Waals surface area contributed by atoms with E-state index in [0.29, 0.717) is 6.54 Å². The van der Waals surface area contributed by atoms with Gasteiger partial charge in [-0.15, -0.1) is 0 Å². The van der Waals surface area contributed by atoms with Gasteiger partial charge >= 0.3 is 0 Å². The molecule has 4 nitrogen and oxygen atoms in total. The van der Waals surface area contributed by atoms with Crippen molar-refractivity contribution in [1.29, 1.82) is 0 Å². The van der Waals surface area contributed by atoms with Crippen LogP contribution >= 0.6 is 0 Å². The van der Waals surface area contributed by atoms with Gasteiger partial charge in [-0.25, -0.2) is 13.1 Å². The van der Waals surface area contributed by atoms with Crippen molar-refractivity contribution in [3.05, 3.63) is 60.2 Å². The molecule has 0 aromatic heterocycles. The Morgan fingerprint density at radius 1 is 1.10 bits per heavy atom. The van der Waals surface area contributed by atoms with Crippen molar-refractivity contribution in [1.82, 2.24) is 4.72 Å². The van der Waals surface area contributed by atoms with E-state index < -0.39 is 10.0 Å². The van der Waals surface area contributed by atoms with Gasteiger partial charge in [0.15, 0.2) is 0 Å². The normalized spacial score (nSPS) is 13.1. The third-order valence-electron chi connectivity index (χ3n) is 3.08. The van der Waals surface area contributed by atoms with Crippen LogP contribution in [0.3, 0.4) is 0 Å². The minimum Gasteiger partial charge on any atom is -0.508 e. The minimum absolute atomic E-state index is 0.0658. The minimum atomic E-state index is -3.60. The maximum Gasteiger partial charge on any atom is 0.240 e. The zero-order valence-electron chi connectivity index (χ0n) is 11.2. The van der Waals surface area contributed by atoms with E-state index in [-0.39, 0.29) is 16.6 Å². The molecule has 0 bridgehead atoms. The summed E-state index contributed by atoms with van der Waals surface area (Å²) in [6, 6.07) is 15.3. The molecule has 0 radical (unpaired) electrons. The number of phenols is 1. The highest BCUT2D eigenvalue weighted by molar-refractivity contribution is 7.89. The third-order valence-corrected chi connectivity index (χ3v) is 4.50. The van der Waals surface area contributed by atoms with Crippen molar-refractivity contribution in [2.24, 2.45) is 0 Å².